The number of hydrogen-bond acceptors (Lipinski definition) is 3. The molecule has 2 unspecified atom stereocenters. The molecule has 0 fully saturated rings. The van der Waals surface area contributed by atoms with E-state index in [-0.39, 0.29) is 30.2 Å². The van der Waals surface area contributed by atoms with Crippen molar-refractivity contribution in [2.75, 3.05) is 6.54 Å². The van der Waals surface area contributed by atoms with Crippen molar-refractivity contribution in [2.45, 2.75) is 45.3 Å². The summed E-state index contributed by atoms with van der Waals surface area (Å²) >= 11 is 0. The van der Waals surface area contributed by atoms with Crippen molar-refractivity contribution in [2.24, 2.45) is 5.73 Å². The largest absolute Gasteiger partial charge is 0.489 e. The van der Waals surface area contributed by atoms with Crippen LogP contribution in [0.4, 0.5) is 4.39 Å². The van der Waals surface area contributed by atoms with E-state index in [9.17, 15) is 9.18 Å². The predicted octanol–water partition coefficient (Wildman–Crippen LogP) is 2.65. The van der Waals surface area contributed by atoms with E-state index in [4.69, 9.17) is 10.5 Å². The zero-order valence-corrected chi connectivity index (χ0v) is 13.5. The summed E-state index contributed by atoms with van der Waals surface area (Å²) in [5.74, 6) is 0.0721. The van der Waals surface area contributed by atoms with Crippen LogP contribution in [0.1, 0.15) is 33.6 Å². The molecule has 0 spiro atoms. The third-order valence-corrected chi connectivity index (χ3v) is 2.99. The first-order valence-corrected chi connectivity index (χ1v) is 6.84. The van der Waals surface area contributed by atoms with Crippen LogP contribution < -0.4 is 15.8 Å². The molecule has 0 saturated carbocycles. The molecule has 0 heterocycles. The molecule has 1 aromatic rings. The van der Waals surface area contributed by atoms with E-state index >= 15 is 0 Å². The summed E-state index contributed by atoms with van der Waals surface area (Å²) in [7, 11) is 0. The lowest BCUT2D eigenvalue weighted by molar-refractivity contribution is -0.126. The van der Waals surface area contributed by atoms with Gasteiger partial charge in [-0.3, -0.25) is 4.79 Å². The molecular weight excluding hydrogens is 295 g/mol. The predicted molar refractivity (Wildman–Crippen MR) is 84.2 cm³/mol. The first-order valence-electron chi connectivity index (χ1n) is 6.84. The smallest absolute Gasteiger partial charge is 0.239 e. The lowest BCUT2D eigenvalue weighted by Crippen LogP contribution is -2.53. The molecule has 0 aromatic heterocycles. The van der Waals surface area contributed by atoms with E-state index in [1.165, 1.54) is 12.1 Å². The van der Waals surface area contributed by atoms with Gasteiger partial charge in [-0.05, 0) is 44.5 Å². The Labute approximate surface area is 131 Å². The number of benzene rings is 1. The molecule has 2 atom stereocenters. The van der Waals surface area contributed by atoms with E-state index in [2.05, 4.69) is 5.32 Å². The highest BCUT2D eigenvalue weighted by Gasteiger charge is 2.27. The van der Waals surface area contributed by atoms with Crippen molar-refractivity contribution in [3.8, 4) is 5.75 Å². The van der Waals surface area contributed by atoms with Crippen LogP contribution in [0.5, 0.6) is 5.75 Å². The average Bonchev–Trinajstić information content (AvgIpc) is 2.38. The summed E-state index contributed by atoms with van der Waals surface area (Å²) in [4.78, 5) is 11.9. The van der Waals surface area contributed by atoms with E-state index in [0.29, 0.717) is 18.7 Å². The number of nitrogens with two attached hydrogens (primary N) is 1. The van der Waals surface area contributed by atoms with E-state index in [0.717, 1.165) is 6.42 Å². The maximum absolute atomic E-state index is 12.8. The van der Waals surface area contributed by atoms with Crippen LogP contribution in [-0.4, -0.2) is 24.1 Å². The molecule has 0 saturated heterocycles. The van der Waals surface area contributed by atoms with Crippen LogP contribution in [-0.2, 0) is 4.79 Å². The average molecular weight is 319 g/mol. The Kier molecular flexibility index (Phi) is 8.29. The Morgan fingerprint density at radius 2 is 2.00 bits per heavy atom. The van der Waals surface area contributed by atoms with Crippen molar-refractivity contribution in [3.63, 3.8) is 0 Å². The molecule has 21 heavy (non-hydrogen) atoms. The Balaban J connectivity index is 0.00000400. The maximum atomic E-state index is 12.8. The summed E-state index contributed by atoms with van der Waals surface area (Å²) in [5, 5.41) is 2.78. The molecule has 0 aliphatic rings. The van der Waals surface area contributed by atoms with Gasteiger partial charge in [0.15, 0.2) is 0 Å². The van der Waals surface area contributed by atoms with Gasteiger partial charge in [0, 0.05) is 0 Å². The molecule has 1 rings (SSSR count). The maximum Gasteiger partial charge on any atom is 0.239 e. The number of ether oxygens (including phenoxy) is 1. The first-order chi connectivity index (χ1) is 9.35. The van der Waals surface area contributed by atoms with E-state index in [1.807, 2.05) is 13.8 Å². The highest BCUT2D eigenvalue weighted by molar-refractivity contribution is 5.85. The van der Waals surface area contributed by atoms with Crippen LogP contribution in [0.15, 0.2) is 24.3 Å². The number of carbonyl (C=O) groups excluding carboxylic acids is 1. The normalized spacial score (nSPS) is 14.5. The summed E-state index contributed by atoms with van der Waals surface area (Å²) in [6.07, 6.45) is 1.26. The van der Waals surface area contributed by atoms with Crippen molar-refractivity contribution in [1.29, 1.82) is 0 Å². The number of amides is 1. The van der Waals surface area contributed by atoms with Gasteiger partial charge in [-0.25, -0.2) is 4.39 Å². The Morgan fingerprint density at radius 1 is 1.43 bits per heavy atom. The zero-order valence-electron chi connectivity index (χ0n) is 12.7. The van der Waals surface area contributed by atoms with Crippen molar-refractivity contribution in [1.82, 2.24) is 5.32 Å². The highest BCUT2D eigenvalue weighted by Crippen LogP contribution is 2.13. The Morgan fingerprint density at radius 3 is 2.52 bits per heavy atom. The molecule has 6 heteroatoms. The summed E-state index contributed by atoms with van der Waals surface area (Å²) in [5.41, 5.74) is 5.07. The van der Waals surface area contributed by atoms with Crippen molar-refractivity contribution < 1.29 is 13.9 Å². The fraction of sp³-hybridized carbons (Fsp3) is 0.533. The number of halogens is 2. The molecule has 3 N–H and O–H groups in total. The van der Waals surface area contributed by atoms with Gasteiger partial charge < -0.3 is 15.8 Å². The summed E-state index contributed by atoms with van der Waals surface area (Å²) in [6.45, 7) is 5.89. The first kappa shape index (κ1) is 19.7. The van der Waals surface area contributed by atoms with Gasteiger partial charge in [-0.1, -0.05) is 13.3 Å². The second kappa shape index (κ2) is 8.85. The van der Waals surface area contributed by atoms with Crippen molar-refractivity contribution in [3.05, 3.63) is 30.1 Å². The van der Waals surface area contributed by atoms with Crippen LogP contribution in [0, 0.1) is 5.82 Å². The van der Waals surface area contributed by atoms with Gasteiger partial charge in [-0.2, -0.15) is 0 Å². The molecule has 1 amide bonds. The Hall–Kier alpha value is -1.33. The molecule has 0 aliphatic carbocycles. The minimum Gasteiger partial charge on any atom is -0.489 e. The SMILES string of the molecule is CCCC(C)(N)C(=O)NCC(C)Oc1ccc(F)cc1.Cl. The number of hydrogen-bond donors (Lipinski definition) is 2. The molecule has 1 aromatic carbocycles. The van der Waals surface area contributed by atoms with Crippen molar-refractivity contribution >= 4 is 18.3 Å². The number of rotatable bonds is 7. The number of nitrogens with one attached hydrogen (secondary N) is 1. The second-order valence-electron chi connectivity index (χ2n) is 5.26. The standard InChI is InChI=1S/C15H23FN2O2.ClH/c1-4-9-15(3,17)14(19)18-10-11(2)20-13-7-5-12(16)6-8-13;/h5-8,11H,4,9-10,17H2,1-3H3,(H,18,19);1H. The van der Waals surface area contributed by atoms with Gasteiger partial charge in [0.05, 0.1) is 12.1 Å². The van der Waals surface area contributed by atoms with Gasteiger partial charge in [0.1, 0.15) is 17.7 Å². The summed E-state index contributed by atoms with van der Waals surface area (Å²) in [6, 6.07) is 5.77. The molecule has 4 nitrogen and oxygen atoms in total. The van der Waals surface area contributed by atoms with E-state index < -0.39 is 5.54 Å². The quantitative estimate of drug-likeness (QED) is 0.812. The fourth-order valence-electron chi connectivity index (χ4n) is 1.86. The van der Waals surface area contributed by atoms with Gasteiger partial charge >= 0.3 is 0 Å². The zero-order chi connectivity index (χ0) is 15.2. The van der Waals surface area contributed by atoms with Gasteiger partial charge in [0.25, 0.3) is 0 Å². The minimum atomic E-state index is -0.857. The topological polar surface area (TPSA) is 64.4 Å². The van der Waals surface area contributed by atoms with Gasteiger partial charge in [-0.15, -0.1) is 12.4 Å². The molecule has 0 radical (unpaired) electrons. The van der Waals surface area contributed by atoms with Crippen LogP contribution >= 0.6 is 12.4 Å². The number of carbonyl (C=O) groups is 1. The Bertz CT molecular complexity index is 438. The molecule has 120 valence electrons. The van der Waals surface area contributed by atoms with Crippen LogP contribution in [0.2, 0.25) is 0 Å². The van der Waals surface area contributed by atoms with Crippen LogP contribution in [0.25, 0.3) is 0 Å². The molecule has 0 bridgehead atoms. The molecule has 0 aliphatic heterocycles. The molecular formula is C15H24ClFN2O2. The lowest BCUT2D eigenvalue weighted by Gasteiger charge is -2.24. The lowest BCUT2D eigenvalue weighted by atomic mass is 9.96. The highest BCUT2D eigenvalue weighted by atomic mass is 35.5. The van der Waals surface area contributed by atoms with Gasteiger partial charge in [0.2, 0.25) is 5.91 Å². The third-order valence-electron chi connectivity index (χ3n) is 2.99. The van der Waals surface area contributed by atoms with E-state index in [1.54, 1.807) is 19.1 Å². The summed E-state index contributed by atoms with van der Waals surface area (Å²) < 4.78 is 18.3. The monoisotopic (exact) mass is 318 g/mol. The fourth-order valence-corrected chi connectivity index (χ4v) is 1.86. The minimum absolute atomic E-state index is 0. The third kappa shape index (κ3) is 6.78. The van der Waals surface area contributed by atoms with Crippen LogP contribution in [0.3, 0.4) is 0 Å². The second-order valence-corrected chi connectivity index (χ2v) is 5.26.